The van der Waals surface area contributed by atoms with Gasteiger partial charge in [0.2, 0.25) is 0 Å². The smallest absolute Gasteiger partial charge is 0.319 e. The molecule has 0 amide bonds. The maximum Gasteiger partial charge on any atom is 0.319 e. The van der Waals surface area contributed by atoms with E-state index in [1.165, 1.54) is 0 Å². The molecule has 2 aliphatic rings. The standard InChI is InChI=1S/C32H41N6O7P/c1-40-27-13-23-25(15-29(27)42-3)33-19-35-31(23)37-9-5-21(6-10-37)17-44-46(39)45-18-22-7-11-38(12-8-22)32-24-14-28(41-2)30(43-4)16-26(24)34-20-36-32/h13-16,19-22,46H,5-12,17-18H2,1-4H3. The molecule has 46 heavy (non-hydrogen) atoms. The monoisotopic (exact) mass is 652 g/mol. The van der Waals surface area contributed by atoms with Crippen LogP contribution in [0.2, 0.25) is 0 Å². The lowest BCUT2D eigenvalue weighted by molar-refractivity contribution is 0.161. The van der Waals surface area contributed by atoms with Crippen LogP contribution in [-0.2, 0) is 13.6 Å². The first-order valence-electron chi connectivity index (χ1n) is 15.5. The van der Waals surface area contributed by atoms with Crippen molar-refractivity contribution in [2.45, 2.75) is 25.7 Å². The number of rotatable bonds is 12. The first-order valence-corrected chi connectivity index (χ1v) is 16.8. The lowest BCUT2D eigenvalue weighted by atomic mass is 9.97. The second-order valence-corrected chi connectivity index (χ2v) is 12.7. The number of fused-ring (bicyclic) bond motifs is 2. The summed E-state index contributed by atoms with van der Waals surface area (Å²) in [4.78, 5) is 22.5. The van der Waals surface area contributed by atoms with E-state index in [0.717, 1.165) is 85.3 Å². The molecule has 2 aromatic heterocycles. The van der Waals surface area contributed by atoms with Gasteiger partial charge in [0.05, 0.1) is 52.7 Å². The highest BCUT2D eigenvalue weighted by Gasteiger charge is 2.25. The van der Waals surface area contributed by atoms with Crippen LogP contribution in [0, 0.1) is 11.8 Å². The van der Waals surface area contributed by atoms with Gasteiger partial charge in [0.25, 0.3) is 0 Å². The first kappa shape index (κ1) is 32.0. The molecule has 0 radical (unpaired) electrons. The summed E-state index contributed by atoms with van der Waals surface area (Å²) in [6.45, 7) is 4.12. The zero-order chi connectivity index (χ0) is 32.0. The number of piperidine rings is 2. The van der Waals surface area contributed by atoms with Gasteiger partial charge < -0.3 is 37.8 Å². The van der Waals surface area contributed by atoms with Crippen LogP contribution in [0.4, 0.5) is 11.6 Å². The number of anilines is 2. The molecule has 2 aliphatic heterocycles. The summed E-state index contributed by atoms with van der Waals surface area (Å²) < 4.78 is 46.0. The van der Waals surface area contributed by atoms with Crippen LogP contribution in [0.5, 0.6) is 23.0 Å². The van der Waals surface area contributed by atoms with Crippen LogP contribution < -0.4 is 28.7 Å². The molecular formula is C32H41N6O7P. The van der Waals surface area contributed by atoms with E-state index in [2.05, 4.69) is 29.7 Å². The third-order valence-electron chi connectivity index (χ3n) is 8.94. The van der Waals surface area contributed by atoms with E-state index in [-0.39, 0.29) is 0 Å². The average molecular weight is 653 g/mol. The van der Waals surface area contributed by atoms with Crippen molar-refractivity contribution in [3.63, 3.8) is 0 Å². The van der Waals surface area contributed by atoms with Crippen LogP contribution in [0.3, 0.4) is 0 Å². The van der Waals surface area contributed by atoms with E-state index in [0.29, 0.717) is 48.0 Å². The lowest BCUT2D eigenvalue weighted by Crippen LogP contribution is -2.36. The molecular weight excluding hydrogens is 611 g/mol. The summed E-state index contributed by atoms with van der Waals surface area (Å²) >= 11 is 0. The third kappa shape index (κ3) is 6.91. The summed E-state index contributed by atoms with van der Waals surface area (Å²) in [5.74, 6) is 4.93. The zero-order valence-electron chi connectivity index (χ0n) is 26.7. The number of ether oxygens (including phenoxy) is 4. The Bertz CT molecular complexity index is 1560. The van der Waals surface area contributed by atoms with Crippen LogP contribution in [-0.4, -0.2) is 87.8 Å². The Labute approximate surface area is 269 Å². The van der Waals surface area contributed by atoms with Gasteiger partial charge in [0.15, 0.2) is 23.0 Å². The third-order valence-corrected chi connectivity index (χ3v) is 9.75. The van der Waals surface area contributed by atoms with E-state index < -0.39 is 8.25 Å². The van der Waals surface area contributed by atoms with Gasteiger partial charge >= 0.3 is 8.25 Å². The number of benzene rings is 2. The van der Waals surface area contributed by atoms with Crippen molar-refractivity contribution in [2.75, 3.05) is 77.6 Å². The Morgan fingerprint density at radius 3 is 1.35 bits per heavy atom. The molecule has 4 aromatic rings. The SMILES string of the molecule is COc1cc2ncnc(N3CCC(CO[PH](=O)OCC4CCN(c5ncnc6cc(OC)c(OC)cc56)CC4)CC3)c2cc1OC. The number of nitrogens with zero attached hydrogens (tertiary/aromatic N) is 6. The van der Waals surface area contributed by atoms with Crippen LogP contribution in [0.15, 0.2) is 36.9 Å². The summed E-state index contributed by atoms with van der Waals surface area (Å²) in [7, 11) is 3.90. The van der Waals surface area contributed by atoms with E-state index >= 15 is 0 Å². The molecule has 6 rings (SSSR count). The molecule has 0 unspecified atom stereocenters. The summed E-state index contributed by atoms with van der Waals surface area (Å²) in [5, 5.41) is 1.84. The minimum absolute atomic E-state index is 0.307. The maximum atomic E-state index is 12.7. The molecule has 0 aliphatic carbocycles. The average Bonchev–Trinajstić information content (AvgIpc) is 3.11. The normalized spacial score (nSPS) is 16.4. The molecule has 2 fully saturated rings. The molecule has 14 heteroatoms. The largest absolute Gasteiger partial charge is 0.493 e. The second kappa shape index (κ2) is 14.7. The Kier molecular flexibility index (Phi) is 10.2. The van der Waals surface area contributed by atoms with Gasteiger partial charge in [-0.2, -0.15) is 0 Å². The maximum absolute atomic E-state index is 12.7. The van der Waals surface area contributed by atoms with Gasteiger partial charge in [-0.15, -0.1) is 0 Å². The van der Waals surface area contributed by atoms with E-state index in [4.69, 9.17) is 28.0 Å². The van der Waals surface area contributed by atoms with Crippen molar-refractivity contribution in [3.05, 3.63) is 36.9 Å². The number of hydrogen-bond donors (Lipinski definition) is 0. The molecule has 0 atom stereocenters. The van der Waals surface area contributed by atoms with Crippen molar-refractivity contribution < 1.29 is 32.6 Å². The Balaban J connectivity index is 0.951. The van der Waals surface area contributed by atoms with E-state index in [9.17, 15) is 4.57 Å². The quantitative estimate of drug-likeness (QED) is 0.187. The minimum Gasteiger partial charge on any atom is -0.493 e. The predicted octanol–water partition coefficient (Wildman–Crippen LogP) is 5.16. The van der Waals surface area contributed by atoms with Crippen molar-refractivity contribution in [3.8, 4) is 23.0 Å². The molecule has 2 aromatic carbocycles. The summed E-state index contributed by atoms with van der Waals surface area (Å²) in [6, 6.07) is 7.60. The topological polar surface area (TPSA) is 130 Å². The first-order chi connectivity index (χ1) is 22.5. The Hall–Kier alpha value is -3.93. The summed E-state index contributed by atoms with van der Waals surface area (Å²) in [5.41, 5.74) is 1.61. The molecule has 0 N–H and O–H groups in total. The minimum atomic E-state index is -2.57. The Morgan fingerprint density at radius 2 is 0.978 bits per heavy atom. The van der Waals surface area contributed by atoms with Crippen molar-refractivity contribution in [2.24, 2.45) is 11.8 Å². The van der Waals surface area contributed by atoms with Crippen molar-refractivity contribution in [1.82, 2.24) is 19.9 Å². The van der Waals surface area contributed by atoms with Crippen LogP contribution >= 0.6 is 8.25 Å². The predicted molar refractivity (Wildman–Crippen MR) is 176 cm³/mol. The molecule has 4 heterocycles. The van der Waals surface area contributed by atoms with Crippen LogP contribution in [0.25, 0.3) is 21.8 Å². The van der Waals surface area contributed by atoms with Crippen molar-refractivity contribution in [1.29, 1.82) is 0 Å². The second-order valence-electron chi connectivity index (χ2n) is 11.6. The molecule has 2 saturated heterocycles. The van der Waals surface area contributed by atoms with Gasteiger partial charge in [-0.3, -0.25) is 4.57 Å². The highest BCUT2D eigenvalue weighted by Crippen LogP contribution is 2.38. The lowest BCUT2D eigenvalue weighted by Gasteiger charge is -2.33. The number of methoxy groups -OCH3 is 4. The highest BCUT2D eigenvalue weighted by molar-refractivity contribution is 7.33. The zero-order valence-corrected chi connectivity index (χ0v) is 27.7. The molecule has 13 nitrogen and oxygen atoms in total. The molecule has 246 valence electrons. The molecule has 0 bridgehead atoms. The van der Waals surface area contributed by atoms with Gasteiger partial charge in [0, 0.05) is 49.1 Å². The van der Waals surface area contributed by atoms with Crippen LogP contribution in [0.1, 0.15) is 25.7 Å². The molecule has 0 spiro atoms. The fourth-order valence-corrected chi connectivity index (χ4v) is 7.11. The number of hydrogen-bond acceptors (Lipinski definition) is 13. The Morgan fingerprint density at radius 1 is 0.609 bits per heavy atom. The summed E-state index contributed by atoms with van der Waals surface area (Å²) in [6.07, 6.45) is 6.79. The van der Waals surface area contributed by atoms with Gasteiger partial charge in [-0.1, -0.05) is 0 Å². The number of aromatic nitrogens is 4. The van der Waals surface area contributed by atoms with E-state index in [1.54, 1.807) is 41.1 Å². The van der Waals surface area contributed by atoms with Gasteiger partial charge in [-0.25, -0.2) is 19.9 Å². The molecule has 0 saturated carbocycles. The van der Waals surface area contributed by atoms with E-state index in [1.807, 2.05) is 24.3 Å². The van der Waals surface area contributed by atoms with Crippen molar-refractivity contribution >= 4 is 41.7 Å². The fourth-order valence-electron chi connectivity index (χ4n) is 6.28. The highest BCUT2D eigenvalue weighted by atomic mass is 31.1. The van der Waals surface area contributed by atoms with Gasteiger partial charge in [-0.05, 0) is 49.7 Å². The fraction of sp³-hybridized carbons (Fsp3) is 0.500. The van der Waals surface area contributed by atoms with Gasteiger partial charge in [0.1, 0.15) is 24.3 Å².